The minimum absolute atomic E-state index is 0.0491. The van der Waals surface area contributed by atoms with Crippen molar-refractivity contribution < 1.29 is 39.3 Å². The lowest BCUT2D eigenvalue weighted by Crippen LogP contribution is -2.59. The highest BCUT2D eigenvalue weighted by atomic mass is 16.4. The molecule has 0 aliphatic heterocycles. The first kappa shape index (κ1) is 29.3. The standard InChI is InChI=1S/C22H33N5O8/c1-3-11(2)18(21(33)25-15(22(34)35)9-17(24)30)27-20(32)16(10-28)26-19(31)14(23)8-12-4-6-13(29)7-5-12/h4-7,11,14-16,18,28-29H,3,8-10,23H2,1-2H3,(H2,24,30)(H,25,33)(H,26,31)(H,27,32)(H,34,35). The van der Waals surface area contributed by atoms with Crippen molar-refractivity contribution in [1.29, 1.82) is 0 Å². The van der Waals surface area contributed by atoms with E-state index in [1.54, 1.807) is 26.0 Å². The van der Waals surface area contributed by atoms with Crippen LogP contribution in [0.5, 0.6) is 5.75 Å². The second kappa shape index (κ2) is 13.9. The van der Waals surface area contributed by atoms with Gasteiger partial charge in [0.1, 0.15) is 23.9 Å². The molecule has 35 heavy (non-hydrogen) atoms. The lowest BCUT2D eigenvalue weighted by molar-refractivity contribution is -0.144. The Morgan fingerprint density at radius 1 is 0.943 bits per heavy atom. The molecule has 0 spiro atoms. The van der Waals surface area contributed by atoms with Crippen LogP contribution in [0.2, 0.25) is 0 Å². The molecule has 0 bridgehead atoms. The number of amides is 4. The van der Waals surface area contributed by atoms with Crippen LogP contribution in [0.3, 0.4) is 0 Å². The number of carboxylic acids is 1. The number of hydrogen-bond acceptors (Lipinski definition) is 8. The van der Waals surface area contributed by atoms with Crippen molar-refractivity contribution in [2.24, 2.45) is 17.4 Å². The summed E-state index contributed by atoms with van der Waals surface area (Å²) in [5.74, 6) is -5.32. The van der Waals surface area contributed by atoms with E-state index in [0.717, 1.165) is 0 Å². The van der Waals surface area contributed by atoms with E-state index in [1.807, 2.05) is 0 Å². The van der Waals surface area contributed by atoms with Crippen LogP contribution in [0.4, 0.5) is 0 Å². The molecule has 0 aliphatic carbocycles. The van der Waals surface area contributed by atoms with Crippen LogP contribution < -0.4 is 27.4 Å². The molecule has 0 saturated heterocycles. The van der Waals surface area contributed by atoms with E-state index in [1.165, 1.54) is 12.1 Å². The van der Waals surface area contributed by atoms with Gasteiger partial charge in [0, 0.05) is 0 Å². The summed E-state index contributed by atoms with van der Waals surface area (Å²) >= 11 is 0. The van der Waals surface area contributed by atoms with Crippen LogP contribution in [0, 0.1) is 5.92 Å². The van der Waals surface area contributed by atoms with Crippen molar-refractivity contribution in [3.63, 3.8) is 0 Å². The second-order valence-electron chi connectivity index (χ2n) is 8.16. The third kappa shape index (κ3) is 9.59. The van der Waals surface area contributed by atoms with E-state index >= 15 is 0 Å². The number of carboxylic acid groups (broad SMARTS) is 1. The van der Waals surface area contributed by atoms with Gasteiger partial charge in [-0.2, -0.15) is 0 Å². The number of nitrogens with two attached hydrogens (primary N) is 2. The molecule has 5 unspecified atom stereocenters. The summed E-state index contributed by atoms with van der Waals surface area (Å²) in [4.78, 5) is 60.3. The van der Waals surface area contributed by atoms with Gasteiger partial charge in [0.05, 0.1) is 19.1 Å². The maximum absolute atomic E-state index is 12.7. The lowest BCUT2D eigenvalue weighted by atomic mass is 9.97. The Bertz CT molecular complexity index is 908. The molecular formula is C22H33N5O8. The fourth-order valence-corrected chi connectivity index (χ4v) is 3.07. The Balaban J connectivity index is 2.87. The third-order valence-electron chi connectivity index (χ3n) is 5.36. The topological polar surface area (TPSA) is 234 Å². The average molecular weight is 496 g/mol. The van der Waals surface area contributed by atoms with Crippen LogP contribution in [-0.2, 0) is 30.4 Å². The van der Waals surface area contributed by atoms with Gasteiger partial charge in [-0.05, 0) is 30.0 Å². The Hall–Kier alpha value is -3.71. The number of primary amides is 1. The van der Waals surface area contributed by atoms with Gasteiger partial charge >= 0.3 is 5.97 Å². The summed E-state index contributed by atoms with van der Waals surface area (Å²) in [5.41, 5.74) is 11.6. The number of aliphatic carboxylic acids is 1. The van der Waals surface area contributed by atoms with Gasteiger partial charge in [0.2, 0.25) is 23.6 Å². The van der Waals surface area contributed by atoms with E-state index in [2.05, 4.69) is 16.0 Å². The Morgan fingerprint density at radius 3 is 2.00 bits per heavy atom. The van der Waals surface area contributed by atoms with E-state index in [4.69, 9.17) is 11.5 Å². The zero-order chi connectivity index (χ0) is 26.7. The van der Waals surface area contributed by atoms with Crippen molar-refractivity contribution in [1.82, 2.24) is 16.0 Å². The van der Waals surface area contributed by atoms with Crippen LogP contribution in [0.1, 0.15) is 32.3 Å². The van der Waals surface area contributed by atoms with E-state index < -0.39 is 72.7 Å². The predicted octanol–water partition coefficient (Wildman–Crippen LogP) is -2.29. The van der Waals surface area contributed by atoms with Crippen LogP contribution in [0.15, 0.2) is 24.3 Å². The smallest absolute Gasteiger partial charge is 0.326 e. The van der Waals surface area contributed by atoms with Crippen molar-refractivity contribution in [3.8, 4) is 5.75 Å². The fraction of sp³-hybridized carbons (Fsp3) is 0.500. The summed E-state index contributed by atoms with van der Waals surface area (Å²) in [6.07, 6.45) is -0.129. The zero-order valence-electron chi connectivity index (χ0n) is 19.6. The molecule has 10 N–H and O–H groups in total. The number of nitrogens with one attached hydrogen (secondary N) is 3. The first-order valence-corrected chi connectivity index (χ1v) is 11.0. The summed E-state index contributed by atoms with van der Waals surface area (Å²) in [6, 6.07) is 0.709. The number of aliphatic hydroxyl groups is 1. The van der Waals surface area contributed by atoms with Crippen molar-refractivity contribution >= 4 is 29.6 Å². The average Bonchev–Trinajstić information content (AvgIpc) is 2.80. The molecule has 0 radical (unpaired) electrons. The minimum atomic E-state index is -1.59. The summed E-state index contributed by atoms with van der Waals surface area (Å²) in [5, 5.41) is 35.1. The number of rotatable bonds is 14. The number of aromatic hydroxyl groups is 1. The molecule has 13 nitrogen and oxygen atoms in total. The van der Waals surface area contributed by atoms with Crippen molar-refractivity contribution in [3.05, 3.63) is 29.8 Å². The quantitative estimate of drug-likeness (QED) is 0.138. The first-order valence-electron chi connectivity index (χ1n) is 11.0. The van der Waals surface area contributed by atoms with Crippen LogP contribution in [0.25, 0.3) is 0 Å². The van der Waals surface area contributed by atoms with Gasteiger partial charge < -0.3 is 42.7 Å². The van der Waals surface area contributed by atoms with Gasteiger partial charge in [-0.1, -0.05) is 32.4 Å². The van der Waals surface area contributed by atoms with Gasteiger partial charge in [-0.25, -0.2) is 4.79 Å². The first-order chi connectivity index (χ1) is 16.4. The van der Waals surface area contributed by atoms with E-state index in [0.29, 0.717) is 12.0 Å². The van der Waals surface area contributed by atoms with E-state index in [-0.39, 0.29) is 12.2 Å². The van der Waals surface area contributed by atoms with Gasteiger partial charge in [0.15, 0.2) is 0 Å². The Morgan fingerprint density at radius 2 is 1.51 bits per heavy atom. The molecule has 1 rings (SSSR count). The molecule has 1 aromatic rings. The molecule has 1 aromatic carbocycles. The number of phenols is 1. The van der Waals surface area contributed by atoms with E-state index in [9.17, 15) is 39.3 Å². The summed E-state index contributed by atoms with van der Waals surface area (Å²) in [6.45, 7) is 2.58. The molecule has 0 fully saturated rings. The highest BCUT2D eigenvalue weighted by molar-refractivity contribution is 5.95. The predicted molar refractivity (Wildman–Crippen MR) is 124 cm³/mol. The van der Waals surface area contributed by atoms with Crippen LogP contribution in [-0.4, -0.2) is 75.7 Å². The van der Waals surface area contributed by atoms with Gasteiger partial charge in [-0.15, -0.1) is 0 Å². The SMILES string of the molecule is CCC(C)C(NC(=O)C(CO)NC(=O)C(N)Cc1ccc(O)cc1)C(=O)NC(CC(N)=O)C(=O)O. The maximum atomic E-state index is 12.7. The molecule has 0 saturated carbocycles. The second-order valence-corrected chi connectivity index (χ2v) is 8.16. The molecule has 4 amide bonds. The largest absolute Gasteiger partial charge is 0.508 e. The Kier molecular flexibility index (Phi) is 11.6. The van der Waals surface area contributed by atoms with Crippen LogP contribution >= 0.6 is 0 Å². The normalized spacial score (nSPS) is 15.1. The molecule has 0 aliphatic rings. The van der Waals surface area contributed by atoms with Gasteiger partial charge in [-0.3, -0.25) is 19.2 Å². The number of phenolic OH excluding ortho intramolecular Hbond substituents is 1. The molecule has 194 valence electrons. The number of aliphatic hydroxyl groups excluding tert-OH is 1. The third-order valence-corrected chi connectivity index (χ3v) is 5.36. The number of carbonyl (C=O) groups is 5. The highest BCUT2D eigenvalue weighted by Crippen LogP contribution is 2.12. The monoisotopic (exact) mass is 495 g/mol. The fourth-order valence-electron chi connectivity index (χ4n) is 3.07. The highest BCUT2D eigenvalue weighted by Gasteiger charge is 2.33. The molecule has 0 aromatic heterocycles. The number of carbonyl (C=O) groups excluding carboxylic acids is 4. The zero-order valence-corrected chi connectivity index (χ0v) is 19.6. The molecule has 0 heterocycles. The number of hydrogen-bond donors (Lipinski definition) is 8. The molecular weight excluding hydrogens is 462 g/mol. The van der Waals surface area contributed by atoms with Crippen molar-refractivity contribution in [2.75, 3.05) is 6.61 Å². The Labute approximate surface area is 202 Å². The molecule has 13 heteroatoms. The summed E-state index contributed by atoms with van der Waals surface area (Å²) < 4.78 is 0. The molecule has 5 atom stereocenters. The number of benzene rings is 1. The summed E-state index contributed by atoms with van der Waals surface area (Å²) in [7, 11) is 0. The minimum Gasteiger partial charge on any atom is -0.508 e. The lowest BCUT2D eigenvalue weighted by Gasteiger charge is -2.27. The van der Waals surface area contributed by atoms with Crippen molar-refractivity contribution in [2.45, 2.75) is 57.3 Å². The van der Waals surface area contributed by atoms with Gasteiger partial charge in [0.25, 0.3) is 0 Å². The maximum Gasteiger partial charge on any atom is 0.326 e.